The van der Waals surface area contributed by atoms with Crippen molar-refractivity contribution in [2.24, 2.45) is 0 Å². The van der Waals surface area contributed by atoms with Crippen LogP contribution < -0.4 is 15.0 Å². The Kier molecular flexibility index (Phi) is 7.08. The lowest BCUT2D eigenvalue weighted by Gasteiger charge is -2.32. The van der Waals surface area contributed by atoms with Gasteiger partial charge >= 0.3 is 0 Å². The SMILES string of the molecule is C=C1NC2C/C=C/C=C(/C)Cc3cc(OC)c(C)c(c3)N(C)C(=O)CC[C@]3(C)O[C@H]3C[C@H](C2)O1. The minimum atomic E-state index is -0.278. The van der Waals surface area contributed by atoms with Gasteiger partial charge in [-0.05, 0) is 64.3 Å². The molecular weight excluding hydrogens is 428 g/mol. The molecule has 2 fully saturated rings. The van der Waals surface area contributed by atoms with Gasteiger partial charge in [-0.15, -0.1) is 0 Å². The van der Waals surface area contributed by atoms with Gasteiger partial charge in [-0.3, -0.25) is 4.79 Å². The van der Waals surface area contributed by atoms with Crippen molar-refractivity contribution in [2.45, 2.75) is 83.1 Å². The minimum Gasteiger partial charge on any atom is -0.496 e. The Hall–Kier alpha value is -2.73. The Morgan fingerprint density at radius 3 is 2.82 bits per heavy atom. The monoisotopic (exact) mass is 466 g/mol. The van der Waals surface area contributed by atoms with Crippen LogP contribution in [0.1, 0.15) is 57.1 Å². The Labute approximate surface area is 203 Å². The summed E-state index contributed by atoms with van der Waals surface area (Å²) in [5, 5.41) is 3.36. The number of nitrogens with zero attached hydrogens (tertiary/aromatic N) is 1. The van der Waals surface area contributed by atoms with Gasteiger partial charge in [-0.25, -0.2) is 0 Å². The topological polar surface area (TPSA) is 63.3 Å². The number of carbonyl (C=O) groups is 1. The number of carbonyl (C=O) groups excluding carboxylic acids is 1. The maximum Gasteiger partial charge on any atom is 0.226 e. The van der Waals surface area contributed by atoms with Crippen LogP contribution in [0.3, 0.4) is 0 Å². The summed E-state index contributed by atoms with van der Waals surface area (Å²) in [4.78, 5) is 14.9. The van der Waals surface area contributed by atoms with Crippen molar-refractivity contribution in [1.29, 1.82) is 0 Å². The lowest BCUT2D eigenvalue weighted by Crippen LogP contribution is -2.40. The fraction of sp³-hybridized carbons (Fsp3) is 0.536. The highest BCUT2D eigenvalue weighted by atomic mass is 16.6. The number of amides is 1. The number of methoxy groups -OCH3 is 1. The Bertz CT molecular complexity index is 1010. The van der Waals surface area contributed by atoms with Crippen LogP contribution in [0, 0.1) is 6.92 Å². The van der Waals surface area contributed by atoms with E-state index in [1.54, 1.807) is 12.0 Å². The van der Waals surface area contributed by atoms with Gasteiger partial charge in [0.15, 0.2) is 5.88 Å². The third-order valence-corrected chi connectivity index (χ3v) is 7.34. The van der Waals surface area contributed by atoms with E-state index in [2.05, 4.69) is 56.1 Å². The summed E-state index contributed by atoms with van der Waals surface area (Å²) >= 11 is 0. The lowest BCUT2D eigenvalue weighted by atomic mass is 9.94. The van der Waals surface area contributed by atoms with Crippen LogP contribution in [-0.2, 0) is 20.7 Å². The zero-order valence-corrected chi connectivity index (χ0v) is 21.1. The van der Waals surface area contributed by atoms with E-state index in [9.17, 15) is 4.79 Å². The second-order valence-electron chi connectivity index (χ2n) is 10.1. The first-order valence-electron chi connectivity index (χ1n) is 12.2. The van der Waals surface area contributed by atoms with Crippen LogP contribution >= 0.6 is 0 Å². The zero-order chi connectivity index (χ0) is 24.5. The molecule has 0 spiro atoms. The van der Waals surface area contributed by atoms with Gasteiger partial charge in [-0.1, -0.05) is 23.8 Å². The molecule has 184 valence electrons. The normalized spacial score (nSPS) is 32.6. The van der Waals surface area contributed by atoms with Gasteiger partial charge in [0.1, 0.15) is 11.9 Å². The summed E-state index contributed by atoms with van der Waals surface area (Å²) in [5.41, 5.74) is 3.96. The average molecular weight is 467 g/mol. The number of allylic oxidation sites excluding steroid dienone is 3. The van der Waals surface area contributed by atoms with Crippen molar-refractivity contribution < 1.29 is 19.0 Å². The maximum absolute atomic E-state index is 13.2. The fourth-order valence-electron chi connectivity index (χ4n) is 5.14. The Balaban J connectivity index is 1.61. The number of ether oxygens (including phenoxy) is 3. The van der Waals surface area contributed by atoms with E-state index < -0.39 is 0 Å². The van der Waals surface area contributed by atoms with Crippen molar-refractivity contribution in [1.82, 2.24) is 5.32 Å². The standard InChI is InChI=1S/C28H38N2O4/c1-18-9-7-8-10-22-16-23(33-20(3)29-22)17-26-28(4,34-26)12-11-27(31)30(5)24-14-21(13-18)15-25(32-6)19(24)2/h7-9,14-15,22-23,26,29H,3,10-13,16-17H2,1-2,4-6H3/b8-7+,18-9-/t22?,23-,26-,28-/m0/s1. The predicted molar refractivity (Wildman–Crippen MR) is 135 cm³/mol. The Morgan fingerprint density at radius 2 is 2.06 bits per heavy atom. The highest BCUT2D eigenvalue weighted by Gasteiger charge is 2.53. The van der Waals surface area contributed by atoms with E-state index in [0.717, 1.165) is 48.2 Å². The lowest BCUT2D eigenvalue weighted by molar-refractivity contribution is -0.118. The molecule has 0 saturated carbocycles. The van der Waals surface area contributed by atoms with Crippen LogP contribution in [-0.4, -0.2) is 43.9 Å². The van der Waals surface area contributed by atoms with E-state index in [4.69, 9.17) is 14.2 Å². The first-order valence-corrected chi connectivity index (χ1v) is 12.2. The van der Waals surface area contributed by atoms with Gasteiger partial charge in [0, 0.05) is 37.9 Å². The first kappa shape index (κ1) is 24.4. The molecule has 3 heterocycles. The van der Waals surface area contributed by atoms with Crippen molar-refractivity contribution in [3.05, 3.63) is 59.5 Å². The summed E-state index contributed by atoms with van der Waals surface area (Å²) in [7, 11) is 3.53. The zero-order valence-electron chi connectivity index (χ0n) is 21.1. The van der Waals surface area contributed by atoms with Crippen molar-refractivity contribution in [3.8, 4) is 5.75 Å². The third kappa shape index (κ3) is 5.49. The highest BCUT2D eigenvalue weighted by Crippen LogP contribution is 2.44. The average Bonchev–Trinajstić information content (AvgIpc) is 3.43. The fourth-order valence-corrected chi connectivity index (χ4v) is 5.14. The molecule has 6 nitrogen and oxygen atoms in total. The molecule has 1 aromatic carbocycles. The number of benzene rings is 1. The number of anilines is 1. The maximum atomic E-state index is 13.2. The number of nitrogens with one attached hydrogen (secondary N) is 1. The second kappa shape index (κ2) is 9.87. The van der Waals surface area contributed by atoms with E-state index >= 15 is 0 Å². The summed E-state index contributed by atoms with van der Waals surface area (Å²) < 4.78 is 17.7. The number of hydrogen-bond acceptors (Lipinski definition) is 5. The van der Waals surface area contributed by atoms with Gasteiger partial charge in [-0.2, -0.15) is 0 Å². The van der Waals surface area contributed by atoms with E-state index in [0.29, 0.717) is 24.8 Å². The molecule has 1 unspecified atom stereocenters. The van der Waals surface area contributed by atoms with Gasteiger partial charge in [0.05, 0.1) is 24.5 Å². The molecule has 1 aromatic rings. The van der Waals surface area contributed by atoms with Crippen LogP contribution in [0.15, 0.2) is 48.4 Å². The molecule has 1 N–H and O–H groups in total. The summed E-state index contributed by atoms with van der Waals surface area (Å²) in [6.07, 6.45) is 11.2. The molecule has 1 amide bonds. The second-order valence-corrected chi connectivity index (χ2v) is 10.1. The van der Waals surface area contributed by atoms with Gasteiger partial charge < -0.3 is 24.4 Å². The molecule has 0 aromatic heterocycles. The molecule has 3 aliphatic heterocycles. The molecular formula is C28H38N2O4. The van der Waals surface area contributed by atoms with Crippen molar-refractivity contribution in [3.63, 3.8) is 0 Å². The minimum absolute atomic E-state index is 0.0771. The molecule has 34 heavy (non-hydrogen) atoms. The van der Waals surface area contributed by atoms with Gasteiger partial charge in [0.2, 0.25) is 5.91 Å². The van der Waals surface area contributed by atoms with E-state index in [-0.39, 0.29) is 23.7 Å². The van der Waals surface area contributed by atoms with Crippen molar-refractivity contribution in [2.75, 3.05) is 19.1 Å². The summed E-state index contributed by atoms with van der Waals surface area (Å²) in [6, 6.07) is 4.48. The quantitative estimate of drug-likeness (QED) is 0.593. The molecule has 2 saturated heterocycles. The largest absolute Gasteiger partial charge is 0.496 e. The highest BCUT2D eigenvalue weighted by molar-refractivity contribution is 5.94. The molecule has 3 aliphatic rings. The summed E-state index contributed by atoms with van der Waals surface area (Å²) in [5.74, 6) is 1.52. The first-order chi connectivity index (χ1) is 16.2. The van der Waals surface area contributed by atoms with Crippen LogP contribution in [0.4, 0.5) is 5.69 Å². The van der Waals surface area contributed by atoms with Crippen LogP contribution in [0.25, 0.3) is 0 Å². The molecule has 4 bridgehead atoms. The number of hydrogen-bond donors (Lipinski definition) is 1. The predicted octanol–water partition coefficient (Wildman–Crippen LogP) is 4.96. The van der Waals surface area contributed by atoms with Crippen LogP contribution in [0.2, 0.25) is 0 Å². The number of rotatable bonds is 1. The van der Waals surface area contributed by atoms with E-state index in [1.165, 1.54) is 5.57 Å². The Morgan fingerprint density at radius 1 is 1.26 bits per heavy atom. The van der Waals surface area contributed by atoms with Crippen molar-refractivity contribution >= 4 is 11.6 Å². The van der Waals surface area contributed by atoms with E-state index in [1.807, 2.05) is 14.0 Å². The summed E-state index contributed by atoms with van der Waals surface area (Å²) in [6.45, 7) is 10.2. The third-order valence-electron chi connectivity index (χ3n) is 7.34. The molecule has 0 radical (unpaired) electrons. The smallest absolute Gasteiger partial charge is 0.226 e. The number of fused-ring (bicyclic) bond motifs is 5. The molecule has 4 rings (SSSR count). The van der Waals surface area contributed by atoms with Gasteiger partial charge in [0.25, 0.3) is 0 Å². The molecule has 6 heteroatoms. The number of epoxide rings is 1. The molecule has 4 atom stereocenters. The van der Waals surface area contributed by atoms with Crippen LogP contribution in [0.5, 0.6) is 5.75 Å². The molecule has 0 aliphatic carbocycles.